The third-order valence-corrected chi connectivity index (χ3v) is 8.46. The van der Waals surface area contributed by atoms with Crippen molar-refractivity contribution < 1.29 is 28.3 Å². The number of hydrogen-bond acceptors (Lipinski definition) is 6. The van der Waals surface area contributed by atoms with Crippen molar-refractivity contribution in [3.05, 3.63) is 12.2 Å². The van der Waals surface area contributed by atoms with Gasteiger partial charge in [-0.25, -0.2) is 14.4 Å². The van der Waals surface area contributed by atoms with Crippen molar-refractivity contribution in [3.8, 4) is 0 Å². The average Bonchev–Trinajstić information content (AvgIpc) is 2.57. The minimum Gasteiger partial charge on any atom is -0.516 e. The maximum atomic E-state index is 12.4. The Morgan fingerprint density at radius 3 is 1.92 bits per heavy atom. The molecule has 0 fully saturated rings. The van der Waals surface area contributed by atoms with E-state index in [1.54, 1.807) is 6.92 Å². The summed E-state index contributed by atoms with van der Waals surface area (Å²) in [6, 6.07) is 2.50. The summed E-state index contributed by atoms with van der Waals surface area (Å²) >= 11 is 0. The van der Waals surface area contributed by atoms with Gasteiger partial charge in [-0.05, 0) is 31.5 Å². The van der Waals surface area contributed by atoms with Crippen LogP contribution in [0.2, 0.25) is 18.1 Å². The van der Waals surface area contributed by atoms with Gasteiger partial charge in [-0.15, -0.1) is 0 Å². The van der Waals surface area contributed by atoms with Gasteiger partial charge in [0, 0.05) is 12.2 Å². The van der Waals surface area contributed by atoms with Crippen LogP contribution in [0.1, 0.15) is 47.5 Å². The van der Waals surface area contributed by atoms with E-state index in [1.807, 2.05) is 27.7 Å². The number of rotatable bonds is 11. The lowest BCUT2D eigenvalue weighted by Gasteiger charge is -2.29. The van der Waals surface area contributed by atoms with Crippen molar-refractivity contribution in [2.45, 2.75) is 71.7 Å². The molecular formula is C17H30O6Si. The summed E-state index contributed by atoms with van der Waals surface area (Å²) in [4.78, 5) is 35.4. The normalized spacial score (nSPS) is 12.7. The van der Waals surface area contributed by atoms with Gasteiger partial charge in [0.05, 0.1) is 6.61 Å². The fourth-order valence-electron chi connectivity index (χ4n) is 2.24. The Labute approximate surface area is 145 Å². The van der Waals surface area contributed by atoms with Crippen molar-refractivity contribution in [2.24, 2.45) is 0 Å². The third-order valence-electron chi connectivity index (χ3n) is 3.96. The highest BCUT2D eigenvalue weighted by atomic mass is 28.4. The predicted molar refractivity (Wildman–Crippen MR) is 93.9 cm³/mol. The smallest absolute Gasteiger partial charge is 0.334 e. The van der Waals surface area contributed by atoms with E-state index >= 15 is 0 Å². The highest BCUT2D eigenvalue weighted by Gasteiger charge is 2.36. The van der Waals surface area contributed by atoms with E-state index in [9.17, 15) is 14.4 Å². The molecule has 0 rings (SSSR count). The van der Waals surface area contributed by atoms with Crippen LogP contribution in [0, 0.1) is 0 Å². The summed E-state index contributed by atoms with van der Waals surface area (Å²) < 4.78 is 15.6. The zero-order chi connectivity index (χ0) is 18.6. The van der Waals surface area contributed by atoms with Crippen LogP contribution in [0.15, 0.2) is 12.2 Å². The first-order chi connectivity index (χ1) is 11.4. The van der Waals surface area contributed by atoms with Gasteiger partial charge < -0.3 is 13.9 Å². The van der Waals surface area contributed by atoms with Crippen LogP contribution in [0.25, 0.3) is 0 Å². The molecule has 6 nitrogen and oxygen atoms in total. The van der Waals surface area contributed by atoms with Gasteiger partial charge in [0.15, 0.2) is 6.10 Å². The Morgan fingerprint density at radius 2 is 1.46 bits per heavy atom. The second-order valence-corrected chi connectivity index (χ2v) is 10.2. The molecule has 24 heavy (non-hydrogen) atoms. The van der Waals surface area contributed by atoms with Gasteiger partial charge in [0.25, 0.3) is 8.32 Å². The molecule has 0 heterocycles. The number of carbonyl (C=O) groups excluding carboxylic acids is 3. The highest BCUT2D eigenvalue weighted by Crippen LogP contribution is 2.23. The molecule has 0 aliphatic rings. The van der Waals surface area contributed by atoms with Gasteiger partial charge in [0.2, 0.25) is 0 Å². The third kappa shape index (κ3) is 7.76. The first-order valence-electron chi connectivity index (χ1n) is 8.66. The molecule has 0 aromatic heterocycles. The lowest BCUT2D eigenvalue weighted by atomic mass is 10.2. The van der Waals surface area contributed by atoms with Crippen LogP contribution in [0.4, 0.5) is 0 Å². The van der Waals surface area contributed by atoms with E-state index < -0.39 is 32.3 Å². The molecule has 0 radical (unpaired) electrons. The highest BCUT2D eigenvalue weighted by molar-refractivity contribution is 6.75. The zero-order valence-corrected chi connectivity index (χ0v) is 16.4. The molecule has 0 bridgehead atoms. The van der Waals surface area contributed by atoms with Crippen molar-refractivity contribution in [3.63, 3.8) is 0 Å². The van der Waals surface area contributed by atoms with Gasteiger partial charge in [-0.2, -0.15) is 0 Å². The maximum absolute atomic E-state index is 12.4. The molecule has 0 amide bonds. The molecule has 0 saturated carbocycles. The summed E-state index contributed by atoms with van der Waals surface area (Å²) in [6.07, 6.45) is 2.08. The maximum Gasteiger partial charge on any atom is 0.334 e. The standard InChI is InChI=1S/C17H30O6Si/c1-6-11-14(17(20)23-24(8-3,9-4)10-5)22-16(19)13-12-15(18)21-7-2/h12-14H,6-11H2,1-5H3/b13-12+. The fraction of sp³-hybridized carbons (Fsp3) is 0.706. The minimum atomic E-state index is -2.10. The summed E-state index contributed by atoms with van der Waals surface area (Å²) in [7, 11) is -2.10. The molecule has 0 aromatic rings. The SMILES string of the molecule is CCCC(OC(=O)/C=C/C(=O)OCC)C(=O)O[Si](CC)(CC)CC. The van der Waals surface area contributed by atoms with Crippen molar-refractivity contribution >= 4 is 26.2 Å². The van der Waals surface area contributed by atoms with E-state index in [4.69, 9.17) is 9.16 Å². The lowest BCUT2D eigenvalue weighted by molar-refractivity contribution is -0.160. The average molecular weight is 359 g/mol. The fourth-order valence-corrected chi connectivity index (χ4v) is 4.73. The van der Waals surface area contributed by atoms with Gasteiger partial charge in [-0.1, -0.05) is 34.1 Å². The van der Waals surface area contributed by atoms with E-state index in [0.717, 1.165) is 30.3 Å². The monoisotopic (exact) mass is 358 g/mol. The van der Waals surface area contributed by atoms with E-state index in [2.05, 4.69) is 4.74 Å². The molecule has 0 aliphatic heterocycles. The van der Waals surface area contributed by atoms with E-state index in [-0.39, 0.29) is 6.61 Å². The zero-order valence-electron chi connectivity index (χ0n) is 15.4. The number of carbonyl (C=O) groups is 3. The number of ether oxygens (including phenoxy) is 2. The van der Waals surface area contributed by atoms with Crippen molar-refractivity contribution in [1.29, 1.82) is 0 Å². The lowest BCUT2D eigenvalue weighted by Crippen LogP contribution is -2.42. The number of esters is 2. The van der Waals surface area contributed by atoms with Crippen LogP contribution >= 0.6 is 0 Å². The molecule has 138 valence electrons. The van der Waals surface area contributed by atoms with E-state index in [1.165, 1.54) is 0 Å². The summed E-state index contributed by atoms with van der Waals surface area (Å²) in [5.74, 6) is -1.86. The largest absolute Gasteiger partial charge is 0.516 e. The molecule has 7 heteroatoms. The molecule has 0 N–H and O–H groups in total. The van der Waals surface area contributed by atoms with Crippen LogP contribution in [0.3, 0.4) is 0 Å². The quantitative estimate of drug-likeness (QED) is 0.320. The van der Waals surface area contributed by atoms with Crippen LogP contribution in [-0.2, 0) is 28.3 Å². The van der Waals surface area contributed by atoms with Gasteiger partial charge in [-0.3, -0.25) is 0 Å². The Balaban J connectivity index is 4.87. The van der Waals surface area contributed by atoms with Crippen molar-refractivity contribution in [1.82, 2.24) is 0 Å². The van der Waals surface area contributed by atoms with E-state index in [0.29, 0.717) is 12.8 Å². The first kappa shape index (κ1) is 22.4. The van der Waals surface area contributed by atoms with Crippen LogP contribution in [0.5, 0.6) is 0 Å². The first-order valence-corrected chi connectivity index (χ1v) is 11.2. The second-order valence-electron chi connectivity index (χ2n) is 5.46. The van der Waals surface area contributed by atoms with Gasteiger partial charge >= 0.3 is 17.9 Å². The molecule has 0 spiro atoms. The molecule has 0 aliphatic carbocycles. The summed E-state index contributed by atoms with van der Waals surface area (Å²) in [5, 5.41) is 0. The Bertz CT molecular complexity index is 434. The molecule has 0 aromatic carbocycles. The Kier molecular flexibility index (Phi) is 11.0. The minimum absolute atomic E-state index is 0.223. The second kappa shape index (κ2) is 11.8. The predicted octanol–water partition coefficient (Wildman–Crippen LogP) is 3.37. The van der Waals surface area contributed by atoms with Crippen LogP contribution in [-0.4, -0.2) is 38.9 Å². The Morgan fingerprint density at radius 1 is 0.917 bits per heavy atom. The summed E-state index contributed by atoms with van der Waals surface area (Å²) in [6.45, 7) is 9.86. The molecular weight excluding hydrogens is 328 g/mol. The summed E-state index contributed by atoms with van der Waals surface area (Å²) in [5.41, 5.74) is 0. The topological polar surface area (TPSA) is 78.9 Å². The molecule has 0 saturated heterocycles. The number of hydrogen-bond donors (Lipinski definition) is 0. The van der Waals surface area contributed by atoms with Crippen LogP contribution < -0.4 is 0 Å². The van der Waals surface area contributed by atoms with Crippen molar-refractivity contribution in [2.75, 3.05) is 6.61 Å². The van der Waals surface area contributed by atoms with Gasteiger partial charge in [0.1, 0.15) is 0 Å². The molecule has 1 atom stereocenters. The Hall–Kier alpha value is -1.63. The molecule has 1 unspecified atom stereocenters.